The van der Waals surface area contributed by atoms with Gasteiger partial charge in [0.05, 0.1) is 40.9 Å². The van der Waals surface area contributed by atoms with Gasteiger partial charge in [0.15, 0.2) is 26.8 Å². The molecule has 0 saturated carbocycles. The molecule has 0 bridgehead atoms. The summed E-state index contributed by atoms with van der Waals surface area (Å²) >= 11 is 0.806. The highest BCUT2D eigenvalue weighted by Crippen LogP contribution is 2.46. The van der Waals surface area contributed by atoms with Gasteiger partial charge in [-0.05, 0) is 65.2 Å². The van der Waals surface area contributed by atoms with Crippen molar-refractivity contribution in [2.24, 2.45) is 0 Å². The lowest BCUT2D eigenvalue weighted by atomic mass is 9.80. The van der Waals surface area contributed by atoms with E-state index in [9.17, 15) is 30.1 Å². The molecule has 1 saturated heterocycles. The highest BCUT2D eigenvalue weighted by Gasteiger charge is 2.52. The lowest BCUT2D eigenvalue weighted by molar-refractivity contribution is -0.396. The van der Waals surface area contributed by atoms with E-state index in [4.69, 9.17) is 28.4 Å². The molecule has 4 atom stereocenters. The van der Waals surface area contributed by atoms with Crippen molar-refractivity contribution in [3.63, 3.8) is 0 Å². The number of carbonyl (C=O) groups excluding carboxylic acids is 1. The summed E-state index contributed by atoms with van der Waals surface area (Å²) in [4.78, 5) is 49.8. The molecule has 20 heteroatoms. The molecule has 2 aromatic heterocycles. The van der Waals surface area contributed by atoms with Gasteiger partial charge >= 0.3 is 0 Å². The lowest BCUT2D eigenvalue weighted by Crippen LogP contribution is -2.49. The molecular weight excluding hydrogens is 935 g/mol. The van der Waals surface area contributed by atoms with Crippen LogP contribution in [0.5, 0.6) is 11.5 Å². The van der Waals surface area contributed by atoms with Crippen LogP contribution in [-0.4, -0.2) is 87.3 Å². The number of aliphatic hydroxyl groups is 1. The molecule has 1 fully saturated rings. The number of anilines is 1. The highest BCUT2D eigenvalue weighted by atomic mass is 32.2. The molecule has 0 radical (unpaired) electrons. The van der Waals surface area contributed by atoms with Crippen molar-refractivity contribution in [1.82, 2.24) is 19.5 Å². The van der Waals surface area contributed by atoms with Crippen LogP contribution in [0.15, 0.2) is 150 Å². The van der Waals surface area contributed by atoms with E-state index < -0.39 is 72.2 Å². The number of nitrogens with one attached hydrogen (secondary N) is 1. The molecule has 70 heavy (non-hydrogen) atoms. The standard InChI is InChI=1S/C50H51N7O11SSi/c1-49(2,3)70(5,6)68-44-43(59)39(29-66-50(32-16-10-7-11-17-32,33-18-12-8-13-19-33)34-22-25-36(64-4)26-23-34)67-47(44)55-31-51-42-45(55)53-48(52-41(58)30-65-37-20-14-9-15-21-37)54-46(42)69-40-27-24-35(56(60)61)28-38(40)57(62)63/h7-28,31,39,43-44,47,59H,29-30H2,1-6H3,(H,52,53,54,58)/t39-,43-,44-,47-/m1/s1. The van der Waals surface area contributed by atoms with Crippen molar-refractivity contribution in [1.29, 1.82) is 0 Å². The van der Waals surface area contributed by atoms with Crippen molar-refractivity contribution in [2.45, 2.75) is 79.0 Å². The Hall–Kier alpha value is -7.07. The zero-order chi connectivity index (χ0) is 49.8. The second-order valence-corrected chi connectivity index (χ2v) is 23.7. The first kappa shape index (κ1) is 49.4. The number of carbonyl (C=O) groups is 1. The number of non-ortho nitro benzene ring substituents is 1. The van der Waals surface area contributed by atoms with E-state index in [1.165, 1.54) is 12.4 Å². The summed E-state index contributed by atoms with van der Waals surface area (Å²) in [7, 11) is -1.10. The third kappa shape index (κ3) is 10.3. The molecule has 8 rings (SSSR count). The number of benzene rings is 5. The molecule has 3 heterocycles. The van der Waals surface area contributed by atoms with E-state index in [1.54, 1.807) is 35.9 Å². The topological polar surface area (TPSA) is 225 Å². The Kier molecular flexibility index (Phi) is 14.4. The van der Waals surface area contributed by atoms with Gasteiger partial charge in [0.2, 0.25) is 5.95 Å². The van der Waals surface area contributed by atoms with Gasteiger partial charge in [0.25, 0.3) is 17.3 Å². The first-order chi connectivity index (χ1) is 33.5. The molecule has 18 nitrogen and oxygen atoms in total. The van der Waals surface area contributed by atoms with Crippen molar-refractivity contribution >= 4 is 54.5 Å². The zero-order valence-corrected chi connectivity index (χ0v) is 40.9. The summed E-state index contributed by atoms with van der Waals surface area (Å²) in [6, 6.07) is 39.1. The third-order valence-electron chi connectivity index (χ3n) is 12.5. The predicted molar refractivity (Wildman–Crippen MR) is 263 cm³/mol. The molecule has 7 aromatic rings. The van der Waals surface area contributed by atoms with Gasteiger partial charge in [-0.25, -0.2) is 9.97 Å². The van der Waals surface area contributed by atoms with Gasteiger partial charge in [0.1, 0.15) is 46.0 Å². The molecule has 1 aliphatic rings. The molecule has 0 unspecified atom stereocenters. The Labute approximate surface area is 408 Å². The number of fused-ring (bicyclic) bond motifs is 1. The van der Waals surface area contributed by atoms with Crippen LogP contribution in [0.2, 0.25) is 18.1 Å². The van der Waals surface area contributed by atoms with Gasteiger partial charge in [-0.1, -0.05) is 124 Å². The van der Waals surface area contributed by atoms with Crippen LogP contribution < -0.4 is 14.8 Å². The maximum atomic E-state index is 13.4. The maximum Gasteiger partial charge on any atom is 0.290 e. The average molecular weight is 986 g/mol. The van der Waals surface area contributed by atoms with E-state index in [2.05, 4.69) is 49.1 Å². The summed E-state index contributed by atoms with van der Waals surface area (Å²) in [5, 5.41) is 38.8. The minimum Gasteiger partial charge on any atom is -0.497 e. The SMILES string of the molecule is COc1ccc(C(OC[C@H]2O[C@@H](n3cnc4c(Sc5ccc([N+](=O)[O-])cc5[N+](=O)[O-])nc(NC(=O)COc5ccccc5)nc43)[C@H](O[Si](C)(C)C(C)(C)C)[C@@H]2O)(c2ccccc2)c2ccccc2)cc1. The second-order valence-electron chi connectivity index (χ2n) is 17.9. The summed E-state index contributed by atoms with van der Waals surface area (Å²) in [5.41, 5.74) is 0.478. The molecule has 5 aromatic carbocycles. The molecule has 1 aliphatic heterocycles. The number of hydrogen-bond acceptors (Lipinski definition) is 15. The van der Waals surface area contributed by atoms with Crippen molar-refractivity contribution in [2.75, 3.05) is 25.6 Å². The fourth-order valence-corrected chi connectivity index (χ4v) is 10.1. The van der Waals surface area contributed by atoms with Gasteiger partial charge in [-0.15, -0.1) is 0 Å². The first-order valence-corrected chi connectivity index (χ1v) is 26.0. The Morgan fingerprint density at radius 1 is 0.843 bits per heavy atom. The lowest BCUT2D eigenvalue weighted by Gasteiger charge is -2.40. The molecule has 2 N–H and O–H groups in total. The largest absolute Gasteiger partial charge is 0.497 e. The van der Waals surface area contributed by atoms with E-state index in [0.717, 1.165) is 40.6 Å². The second kappa shape index (κ2) is 20.5. The maximum absolute atomic E-state index is 13.4. The van der Waals surface area contributed by atoms with Crippen molar-refractivity contribution in [3.8, 4) is 11.5 Å². The normalized spacial score (nSPS) is 17.3. The summed E-state index contributed by atoms with van der Waals surface area (Å²) in [5.74, 6) is 0.283. The van der Waals surface area contributed by atoms with Crippen LogP contribution in [0.1, 0.15) is 43.7 Å². The number of ether oxygens (including phenoxy) is 4. The van der Waals surface area contributed by atoms with Crippen LogP contribution in [0.25, 0.3) is 11.2 Å². The number of nitrogens with zero attached hydrogens (tertiary/aromatic N) is 6. The number of imidazole rings is 1. The molecule has 362 valence electrons. The van der Waals surface area contributed by atoms with E-state index in [0.29, 0.717) is 11.5 Å². The predicted octanol–water partition coefficient (Wildman–Crippen LogP) is 9.48. The third-order valence-corrected chi connectivity index (χ3v) is 18.0. The fraction of sp³-hybridized carbons (Fsp3) is 0.280. The Balaban J connectivity index is 1.22. The van der Waals surface area contributed by atoms with Crippen LogP contribution in [-0.2, 0) is 24.3 Å². The van der Waals surface area contributed by atoms with Gasteiger partial charge < -0.3 is 28.5 Å². The van der Waals surface area contributed by atoms with Crippen LogP contribution in [0.3, 0.4) is 0 Å². The fourth-order valence-electron chi connectivity index (χ4n) is 7.84. The minimum absolute atomic E-state index is 0.0101. The van der Waals surface area contributed by atoms with Crippen LogP contribution in [0, 0.1) is 20.2 Å². The quantitative estimate of drug-likeness (QED) is 0.0268. The summed E-state index contributed by atoms with van der Waals surface area (Å²) in [6.07, 6.45) is -2.96. The monoisotopic (exact) mass is 985 g/mol. The smallest absolute Gasteiger partial charge is 0.290 e. The molecular formula is C50H51N7O11SSi. The van der Waals surface area contributed by atoms with E-state index in [1.807, 2.05) is 91.0 Å². The summed E-state index contributed by atoms with van der Waals surface area (Å²) < 4.78 is 33.9. The minimum atomic E-state index is -2.70. The van der Waals surface area contributed by atoms with E-state index in [-0.39, 0.29) is 38.7 Å². The molecule has 1 amide bonds. The van der Waals surface area contributed by atoms with Crippen LogP contribution >= 0.6 is 11.8 Å². The number of nitro benzene ring substituents is 2. The Morgan fingerprint density at radius 3 is 2.04 bits per heavy atom. The van der Waals surface area contributed by atoms with Crippen LogP contribution in [0.4, 0.5) is 17.3 Å². The van der Waals surface area contributed by atoms with Gasteiger partial charge in [0, 0.05) is 6.07 Å². The average Bonchev–Trinajstić information content (AvgIpc) is 3.91. The number of aromatic nitrogens is 4. The Morgan fingerprint density at radius 2 is 1.46 bits per heavy atom. The van der Waals surface area contributed by atoms with Crippen molar-refractivity contribution in [3.05, 3.63) is 177 Å². The molecule has 0 aliphatic carbocycles. The zero-order valence-electron chi connectivity index (χ0n) is 39.1. The van der Waals surface area contributed by atoms with Gasteiger partial charge in [-0.2, -0.15) is 4.98 Å². The van der Waals surface area contributed by atoms with E-state index >= 15 is 0 Å². The molecule has 0 spiro atoms. The summed E-state index contributed by atoms with van der Waals surface area (Å²) in [6.45, 7) is 9.81. The Bertz CT molecular complexity index is 2940. The highest BCUT2D eigenvalue weighted by molar-refractivity contribution is 7.99. The first-order valence-electron chi connectivity index (χ1n) is 22.2. The number of hydrogen-bond donors (Lipinski definition) is 2. The number of para-hydroxylation sites is 1. The van der Waals surface area contributed by atoms with Gasteiger partial charge in [-0.3, -0.25) is 34.9 Å². The number of methoxy groups -OCH3 is 1. The van der Waals surface area contributed by atoms with Crippen molar-refractivity contribution < 1.29 is 43.1 Å². The number of rotatable bonds is 18. The number of aliphatic hydroxyl groups excluding tert-OH is 1. The number of amides is 1. The number of nitro groups is 2.